The summed E-state index contributed by atoms with van der Waals surface area (Å²) in [5.41, 5.74) is 3.10. The van der Waals surface area contributed by atoms with E-state index in [1.807, 2.05) is 67.6 Å². The third-order valence-corrected chi connectivity index (χ3v) is 4.06. The molecular weight excluding hydrogens is 306 g/mol. The van der Waals surface area contributed by atoms with Crippen LogP contribution >= 0.6 is 12.6 Å². The van der Waals surface area contributed by atoms with Crippen molar-refractivity contribution in [1.29, 1.82) is 0 Å². The molecule has 3 N–H and O–H groups in total. The van der Waals surface area contributed by atoms with E-state index >= 15 is 0 Å². The van der Waals surface area contributed by atoms with Crippen molar-refractivity contribution in [3.05, 3.63) is 77.5 Å². The van der Waals surface area contributed by atoms with E-state index in [1.54, 1.807) is 0 Å². The van der Waals surface area contributed by atoms with Crippen LogP contribution in [0.5, 0.6) is 0 Å². The summed E-state index contributed by atoms with van der Waals surface area (Å²) >= 11 is 4.45. The van der Waals surface area contributed by atoms with Gasteiger partial charge in [-0.15, -0.1) is 12.6 Å². The number of para-hydroxylation sites is 1. The minimum absolute atomic E-state index is 0.122. The molecule has 1 aliphatic heterocycles. The van der Waals surface area contributed by atoms with Gasteiger partial charge in [0.25, 0.3) is 5.91 Å². The Labute approximate surface area is 141 Å². The van der Waals surface area contributed by atoms with Gasteiger partial charge in [0.2, 0.25) is 0 Å². The highest BCUT2D eigenvalue weighted by molar-refractivity contribution is 7.80. The van der Waals surface area contributed by atoms with E-state index in [4.69, 9.17) is 0 Å². The second-order valence-corrected chi connectivity index (χ2v) is 5.93. The molecule has 23 heavy (non-hydrogen) atoms. The van der Waals surface area contributed by atoms with Gasteiger partial charge in [-0.2, -0.15) is 0 Å². The van der Waals surface area contributed by atoms with Crippen LogP contribution in [0.1, 0.15) is 18.5 Å². The number of amides is 1. The zero-order valence-electron chi connectivity index (χ0n) is 12.8. The van der Waals surface area contributed by atoms with Gasteiger partial charge in [-0.05, 0) is 24.6 Å². The Balaban J connectivity index is 1.92. The van der Waals surface area contributed by atoms with Gasteiger partial charge in [0.1, 0.15) is 5.50 Å². The van der Waals surface area contributed by atoms with Crippen LogP contribution in [0.25, 0.3) is 0 Å². The minimum atomic E-state index is -0.205. The van der Waals surface area contributed by atoms with E-state index in [2.05, 4.69) is 28.6 Å². The topological polar surface area (TPSA) is 53.2 Å². The van der Waals surface area contributed by atoms with Gasteiger partial charge in [0, 0.05) is 11.4 Å². The molecule has 2 unspecified atom stereocenters. The lowest BCUT2D eigenvalue weighted by Crippen LogP contribution is -2.47. The molecule has 0 fully saturated rings. The van der Waals surface area contributed by atoms with Crippen LogP contribution in [0.2, 0.25) is 0 Å². The first-order valence-corrected chi connectivity index (χ1v) is 7.99. The van der Waals surface area contributed by atoms with E-state index in [1.165, 1.54) is 0 Å². The van der Waals surface area contributed by atoms with Crippen LogP contribution in [-0.4, -0.2) is 11.4 Å². The molecule has 5 heteroatoms. The quantitative estimate of drug-likeness (QED) is 0.656. The average molecular weight is 325 g/mol. The van der Waals surface area contributed by atoms with Crippen molar-refractivity contribution in [2.45, 2.75) is 18.5 Å². The van der Waals surface area contributed by atoms with Crippen LogP contribution in [0.3, 0.4) is 0 Å². The molecule has 118 valence electrons. The molecule has 1 aliphatic rings. The lowest BCUT2D eigenvalue weighted by atomic mass is 9.95. The average Bonchev–Trinajstić information content (AvgIpc) is 2.55. The number of rotatable bonds is 3. The summed E-state index contributed by atoms with van der Waals surface area (Å²) in [6.07, 6.45) is 0. The number of hydrogen-bond acceptors (Lipinski definition) is 4. The fourth-order valence-corrected chi connectivity index (χ4v) is 3.05. The molecule has 0 radical (unpaired) electrons. The van der Waals surface area contributed by atoms with E-state index in [9.17, 15) is 4.79 Å². The Kier molecular flexibility index (Phi) is 4.69. The first-order chi connectivity index (χ1) is 11.1. The van der Waals surface area contributed by atoms with Gasteiger partial charge in [-0.25, -0.2) is 0 Å². The largest absolute Gasteiger partial charge is 0.365 e. The number of nitrogens with one attached hydrogen (secondary N) is 3. The molecule has 2 aromatic carbocycles. The number of benzene rings is 2. The molecule has 0 aromatic heterocycles. The number of hydrogen-bond donors (Lipinski definition) is 4. The number of allylic oxidation sites excluding steroid dienone is 1. The maximum Gasteiger partial charge on any atom is 0.255 e. The fraction of sp³-hybridized carbons (Fsp3) is 0.167. The van der Waals surface area contributed by atoms with Crippen molar-refractivity contribution in [3.63, 3.8) is 0 Å². The lowest BCUT2D eigenvalue weighted by molar-refractivity contribution is -0.113. The Hall–Kier alpha value is -2.24. The van der Waals surface area contributed by atoms with Crippen LogP contribution in [0.15, 0.2) is 71.9 Å². The van der Waals surface area contributed by atoms with E-state index in [0.717, 1.165) is 16.9 Å². The summed E-state index contributed by atoms with van der Waals surface area (Å²) in [6, 6.07) is 19.2. The Bertz CT molecular complexity index is 716. The molecule has 2 aromatic rings. The first kappa shape index (κ1) is 15.6. The maximum absolute atomic E-state index is 12.8. The zero-order chi connectivity index (χ0) is 16.2. The highest BCUT2D eigenvalue weighted by atomic mass is 32.1. The predicted molar refractivity (Wildman–Crippen MR) is 96.0 cm³/mol. The summed E-state index contributed by atoms with van der Waals surface area (Å²) in [7, 11) is 0. The second kappa shape index (κ2) is 6.89. The lowest BCUT2D eigenvalue weighted by Gasteiger charge is -2.33. The number of thiol groups is 1. The van der Waals surface area contributed by atoms with Gasteiger partial charge < -0.3 is 10.6 Å². The monoisotopic (exact) mass is 325 g/mol. The van der Waals surface area contributed by atoms with E-state index in [0.29, 0.717) is 5.57 Å². The molecule has 0 saturated heterocycles. The maximum atomic E-state index is 12.8. The van der Waals surface area contributed by atoms with Crippen molar-refractivity contribution in [1.82, 2.24) is 10.6 Å². The highest BCUT2D eigenvalue weighted by Crippen LogP contribution is 2.28. The van der Waals surface area contributed by atoms with Crippen molar-refractivity contribution < 1.29 is 4.79 Å². The number of anilines is 1. The third kappa shape index (κ3) is 3.57. The minimum Gasteiger partial charge on any atom is -0.365 e. The van der Waals surface area contributed by atoms with Crippen molar-refractivity contribution in [3.8, 4) is 0 Å². The van der Waals surface area contributed by atoms with Gasteiger partial charge in [-0.3, -0.25) is 10.1 Å². The normalized spacial score (nSPS) is 20.8. The van der Waals surface area contributed by atoms with E-state index in [-0.39, 0.29) is 17.4 Å². The first-order valence-electron chi connectivity index (χ1n) is 7.48. The summed E-state index contributed by atoms with van der Waals surface area (Å²) in [5, 5.41) is 9.44. The van der Waals surface area contributed by atoms with Crippen molar-refractivity contribution in [2.75, 3.05) is 5.32 Å². The summed E-state index contributed by atoms with van der Waals surface area (Å²) in [5.74, 6) is -0.122. The standard InChI is InChI=1S/C18H19N3OS/c1-12-15(17(22)20-14-10-6-3-7-11-14)16(21-18(23)19-12)13-8-4-2-5-9-13/h2-11,16,18-19,21,23H,1H3,(H,20,22). The number of carbonyl (C=O) groups excluding carboxylic acids is 1. The fourth-order valence-electron chi connectivity index (χ4n) is 2.71. The van der Waals surface area contributed by atoms with Gasteiger partial charge in [-0.1, -0.05) is 48.5 Å². The highest BCUT2D eigenvalue weighted by Gasteiger charge is 2.30. The van der Waals surface area contributed by atoms with E-state index < -0.39 is 0 Å². The summed E-state index contributed by atoms with van der Waals surface area (Å²) in [4.78, 5) is 12.8. The predicted octanol–water partition coefficient (Wildman–Crippen LogP) is 3.05. The molecular formula is C18H19N3OS. The van der Waals surface area contributed by atoms with Crippen molar-refractivity contribution in [2.24, 2.45) is 0 Å². The van der Waals surface area contributed by atoms with Gasteiger partial charge in [0.15, 0.2) is 0 Å². The van der Waals surface area contributed by atoms with Gasteiger partial charge in [0.05, 0.1) is 11.6 Å². The Morgan fingerprint density at radius 2 is 1.65 bits per heavy atom. The SMILES string of the molecule is CC1=C(C(=O)Nc2ccccc2)C(c2ccccc2)NC(S)N1. The zero-order valence-corrected chi connectivity index (χ0v) is 13.7. The van der Waals surface area contributed by atoms with Crippen LogP contribution in [0.4, 0.5) is 5.69 Å². The van der Waals surface area contributed by atoms with Crippen molar-refractivity contribution >= 4 is 24.2 Å². The molecule has 1 heterocycles. The third-order valence-electron chi connectivity index (χ3n) is 3.78. The summed E-state index contributed by atoms with van der Waals surface area (Å²) < 4.78 is 0. The van der Waals surface area contributed by atoms with Crippen LogP contribution in [0, 0.1) is 0 Å². The molecule has 0 bridgehead atoms. The molecule has 0 saturated carbocycles. The second-order valence-electron chi connectivity index (χ2n) is 5.42. The Morgan fingerprint density at radius 1 is 1.04 bits per heavy atom. The molecule has 2 atom stereocenters. The molecule has 0 aliphatic carbocycles. The molecule has 1 amide bonds. The Morgan fingerprint density at radius 3 is 2.30 bits per heavy atom. The molecule has 3 rings (SSSR count). The molecule has 4 nitrogen and oxygen atoms in total. The summed E-state index contributed by atoms with van der Waals surface area (Å²) in [6.45, 7) is 1.90. The smallest absolute Gasteiger partial charge is 0.255 e. The van der Waals surface area contributed by atoms with Crippen LogP contribution < -0.4 is 16.0 Å². The molecule has 0 spiro atoms. The van der Waals surface area contributed by atoms with Gasteiger partial charge >= 0.3 is 0 Å². The van der Waals surface area contributed by atoms with Crippen LogP contribution in [-0.2, 0) is 4.79 Å². The number of carbonyl (C=O) groups is 1.